The van der Waals surface area contributed by atoms with Crippen LogP contribution in [0, 0.1) is 5.92 Å². The van der Waals surface area contributed by atoms with Crippen LogP contribution in [0.25, 0.3) is 0 Å². The molecule has 2 fully saturated rings. The minimum Gasteiger partial charge on any atom is -0.351 e. The third-order valence-corrected chi connectivity index (χ3v) is 5.18. The normalized spacial score (nSPS) is 25.9. The lowest BCUT2D eigenvalue weighted by Gasteiger charge is -2.38. The van der Waals surface area contributed by atoms with Crippen molar-refractivity contribution >= 4 is 11.8 Å². The number of nitrogens with zero attached hydrogens (tertiary/aromatic N) is 6. The quantitative estimate of drug-likeness (QED) is 0.800. The lowest BCUT2D eigenvalue weighted by Crippen LogP contribution is -2.50. The van der Waals surface area contributed by atoms with Crippen molar-refractivity contribution in [2.75, 3.05) is 13.1 Å². The zero-order valence-corrected chi connectivity index (χ0v) is 14.0. The second-order valence-corrected chi connectivity index (χ2v) is 6.68. The van der Waals surface area contributed by atoms with Gasteiger partial charge in [-0.25, -0.2) is 4.98 Å². The smallest absolute Gasteiger partial charge is 0.292 e. The molecule has 2 saturated heterocycles. The van der Waals surface area contributed by atoms with Gasteiger partial charge in [-0.05, 0) is 18.8 Å². The number of carbonyl (C=O) groups is 2. The SMILES string of the molecule is CC(=O)N1[C@@H](Cn2cncn2)C[C@H]2CN(C(=O)c3ccno3)CC[C@H]21. The van der Waals surface area contributed by atoms with E-state index in [4.69, 9.17) is 4.52 Å². The molecule has 9 nitrogen and oxygen atoms in total. The van der Waals surface area contributed by atoms with Crippen LogP contribution in [0.15, 0.2) is 29.4 Å². The van der Waals surface area contributed by atoms with Gasteiger partial charge in [0.25, 0.3) is 5.91 Å². The van der Waals surface area contributed by atoms with Crippen LogP contribution in [0.1, 0.15) is 30.3 Å². The van der Waals surface area contributed by atoms with E-state index in [-0.39, 0.29) is 35.6 Å². The van der Waals surface area contributed by atoms with Gasteiger partial charge in [0.15, 0.2) is 0 Å². The van der Waals surface area contributed by atoms with Crippen LogP contribution in [0.4, 0.5) is 0 Å². The molecule has 2 aromatic rings. The van der Waals surface area contributed by atoms with Crippen LogP contribution in [-0.2, 0) is 11.3 Å². The van der Waals surface area contributed by atoms with Crippen molar-refractivity contribution < 1.29 is 14.1 Å². The monoisotopic (exact) mass is 344 g/mol. The minimum absolute atomic E-state index is 0.0765. The molecule has 9 heteroatoms. The van der Waals surface area contributed by atoms with E-state index >= 15 is 0 Å². The highest BCUT2D eigenvalue weighted by Crippen LogP contribution is 2.36. The fourth-order valence-corrected chi connectivity index (χ4v) is 4.21. The van der Waals surface area contributed by atoms with Crippen molar-refractivity contribution in [3.63, 3.8) is 0 Å². The fourth-order valence-electron chi connectivity index (χ4n) is 4.21. The Morgan fingerprint density at radius 1 is 1.40 bits per heavy atom. The third kappa shape index (κ3) is 2.90. The van der Waals surface area contributed by atoms with Crippen LogP contribution in [-0.4, -0.2) is 66.7 Å². The Labute approximate surface area is 144 Å². The molecule has 0 saturated carbocycles. The van der Waals surface area contributed by atoms with Crippen molar-refractivity contribution in [1.82, 2.24) is 29.7 Å². The van der Waals surface area contributed by atoms with Gasteiger partial charge in [-0.3, -0.25) is 14.3 Å². The summed E-state index contributed by atoms with van der Waals surface area (Å²) in [6.45, 7) is 3.48. The highest BCUT2D eigenvalue weighted by Gasteiger charge is 2.46. The van der Waals surface area contributed by atoms with Gasteiger partial charge in [0.1, 0.15) is 12.7 Å². The zero-order valence-electron chi connectivity index (χ0n) is 14.0. The maximum absolute atomic E-state index is 12.5. The molecule has 2 aliphatic rings. The summed E-state index contributed by atoms with van der Waals surface area (Å²) < 4.78 is 6.75. The summed E-state index contributed by atoms with van der Waals surface area (Å²) in [6, 6.07) is 1.83. The first kappa shape index (κ1) is 15.8. The molecule has 0 radical (unpaired) electrons. The number of rotatable bonds is 3. The molecule has 0 unspecified atom stereocenters. The van der Waals surface area contributed by atoms with Crippen molar-refractivity contribution in [2.45, 2.75) is 38.4 Å². The summed E-state index contributed by atoms with van der Waals surface area (Å²) in [5.74, 6) is 0.467. The predicted octanol–water partition coefficient (Wildman–Crippen LogP) is 0.418. The minimum atomic E-state index is -0.134. The van der Waals surface area contributed by atoms with Gasteiger partial charge < -0.3 is 14.3 Å². The lowest BCUT2D eigenvalue weighted by molar-refractivity contribution is -0.132. The van der Waals surface area contributed by atoms with Gasteiger partial charge in [-0.1, -0.05) is 5.16 Å². The standard InChI is InChI=1S/C16H20N6O3/c1-11(23)22-13(8-21-10-17-9-18-21)6-12-7-20(5-3-14(12)22)16(24)15-2-4-19-25-15/h2,4,9-10,12-14H,3,5-8H2,1H3/t12-,13+,14+/m0/s1. The van der Waals surface area contributed by atoms with Gasteiger partial charge in [0, 0.05) is 32.1 Å². The van der Waals surface area contributed by atoms with Crippen LogP contribution < -0.4 is 0 Å². The van der Waals surface area contributed by atoms with E-state index in [9.17, 15) is 9.59 Å². The average molecular weight is 344 g/mol. The summed E-state index contributed by atoms with van der Waals surface area (Å²) in [5, 5.41) is 7.75. The Morgan fingerprint density at radius 2 is 2.28 bits per heavy atom. The van der Waals surface area contributed by atoms with E-state index in [1.807, 2.05) is 4.90 Å². The van der Waals surface area contributed by atoms with Crippen molar-refractivity contribution in [2.24, 2.45) is 5.92 Å². The Balaban J connectivity index is 1.49. The highest BCUT2D eigenvalue weighted by atomic mass is 16.5. The molecule has 25 heavy (non-hydrogen) atoms. The second kappa shape index (κ2) is 6.30. The van der Waals surface area contributed by atoms with Gasteiger partial charge >= 0.3 is 0 Å². The number of hydrogen-bond acceptors (Lipinski definition) is 6. The molecule has 132 valence electrons. The molecule has 4 rings (SSSR count). The van der Waals surface area contributed by atoms with E-state index in [0.717, 1.165) is 12.8 Å². The van der Waals surface area contributed by atoms with Gasteiger partial charge in [0.2, 0.25) is 11.7 Å². The molecule has 2 aromatic heterocycles. The average Bonchev–Trinajstić information content (AvgIpc) is 3.34. The van der Waals surface area contributed by atoms with Gasteiger partial charge in [-0.15, -0.1) is 0 Å². The number of fused-ring (bicyclic) bond motifs is 1. The Morgan fingerprint density at radius 3 is 2.96 bits per heavy atom. The van der Waals surface area contributed by atoms with E-state index < -0.39 is 0 Å². The molecule has 4 heterocycles. The number of carbonyl (C=O) groups excluding carboxylic acids is 2. The summed E-state index contributed by atoms with van der Waals surface area (Å²) in [7, 11) is 0. The first-order valence-electron chi connectivity index (χ1n) is 8.44. The molecule has 2 amide bonds. The first-order chi connectivity index (χ1) is 12.1. The van der Waals surface area contributed by atoms with Crippen molar-refractivity contribution in [3.8, 4) is 0 Å². The second-order valence-electron chi connectivity index (χ2n) is 6.68. The molecule has 3 atom stereocenters. The van der Waals surface area contributed by atoms with Crippen LogP contribution in [0.2, 0.25) is 0 Å². The van der Waals surface area contributed by atoms with Gasteiger partial charge in [0.05, 0.1) is 18.8 Å². The number of piperidine rings is 1. The van der Waals surface area contributed by atoms with Gasteiger partial charge in [-0.2, -0.15) is 5.10 Å². The first-order valence-corrected chi connectivity index (χ1v) is 8.44. The van der Waals surface area contributed by atoms with Crippen LogP contribution in [0.3, 0.4) is 0 Å². The number of aromatic nitrogens is 4. The van der Waals surface area contributed by atoms with Crippen molar-refractivity contribution in [1.29, 1.82) is 0 Å². The summed E-state index contributed by atoms with van der Waals surface area (Å²) in [5.41, 5.74) is 0. The maximum atomic E-state index is 12.5. The third-order valence-electron chi connectivity index (χ3n) is 5.18. The molecule has 2 aliphatic heterocycles. The highest BCUT2D eigenvalue weighted by molar-refractivity contribution is 5.91. The molecular weight excluding hydrogens is 324 g/mol. The predicted molar refractivity (Wildman–Crippen MR) is 85.2 cm³/mol. The fraction of sp³-hybridized carbons (Fsp3) is 0.562. The number of likely N-dealkylation sites (tertiary alicyclic amines) is 2. The molecular formula is C16H20N6O3. The van der Waals surface area contributed by atoms with Crippen molar-refractivity contribution in [3.05, 3.63) is 30.7 Å². The van der Waals surface area contributed by atoms with E-state index in [1.54, 1.807) is 28.9 Å². The van der Waals surface area contributed by atoms with E-state index in [2.05, 4.69) is 15.2 Å². The Hall–Kier alpha value is -2.71. The van der Waals surface area contributed by atoms with Crippen LogP contribution in [0.5, 0.6) is 0 Å². The Kier molecular flexibility index (Phi) is 3.98. The van der Waals surface area contributed by atoms with E-state index in [0.29, 0.717) is 19.6 Å². The summed E-state index contributed by atoms with van der Waals surface area (Å²) in [4.78, 5) is 32.5. The summed E-state index contributed by atoms with van der Waals surface area (Å²) >= 11 is 0. The van der Waals surface area contributed by atoms with Crippen LogP contribution >= 0.6 is 0 Å². The molecule has 0 spiro atoms. The Bertz CT molecular complexity index is 744. The zero-order chi connectivity index (χ0) is 17.4. The van der Waals surface area contributed by atoms with E-state index in [1.165, 1.54) is 12.5 Å². The largest absolute Gasteiger partial charge is 0.351 e. The molecule has 0 aliphatic carbocycles. The molecule has 0 N–H and O–H groups in total. The maximum Gasteiger partial charge on any atom is 0.292 e. The molecule has 0 bridgehead atoms. The summed E-state index contributed by atoms with van der Waals surface area (Å²) in [6.07, 6.45) is 6.27. The number of hydrogen-bond donors (Lipinski definition) is 0. The lowest BCUT2D eigenvalue weighted by atomic mass is 9.92. The number of amides is 2. The topological polar surface area (TPSA) is 97.4 Å². The molecule has 0 aromatic carbocycles.